The first-order chi connectivity index (χ1) is 13.6. The Hall–Kier alpha value is -2.87. The molecule has 0 aliphatic carbocycles. The summed E-state index contributed by atoms with van der Waals surface area (Å²) in [6.07, 6.45) is 0. The number of hydrogen-bond donors (Lipinski definition) is 3. The number of carbonyl (C=O) groups is 2. The Kier molecular flexibility index (Phi) is 5.93. The summed E-state index contributed by atoms with van der Waals surface area (Å²) in [7, 11) is 0. The quantitative estimate of drug-likeness (QED) is 0.715. The molecular formula is C21H26FN5O2. The van der Waals surface area contributed by atoms with Gasteiger partial charge in [-0.25, -0.2) is 4.39 Å². The third kappa shape index (κ3) is 5.14. The SMILES string of the molecule is Cc1c(F)cc(C(=O)NC2CNC2)cc1-c1ccc(C(=O)NCC(C)(C)C)nn1. The number of nitrogens with zero attached hydrogens (tertiary/aromatic N) is 2. The zero-order chi connectivity index (χ0) is 21.2. The lowest BCUT2D eigenvalue weighted by Gasteiger charge is -2.28. The van der Waals surface area contributed by atoms with Crippen LogP contribution in [0.3, 0.4) is 0 Å². The first kappa shape index (κ1) is 20.9. The highest BCUT2D eigenvalue weighted by molar-refractivity contribution is 5.96. The Morgan fingerprint density at radius 2 is 1.90 bits per heavy atom. The van der Waals surface area contributed by atoms with Crippen molar-refractivity contribution in [3.8, 4) is 11.3 Å². The molecule has 1 aliphatic heterocycles. The number of carbonyl (C=O) groups excluding carboxylic acids is 2. The fourth-order valence-corrected chi connectivity index (χ4v) is 2.77. The third-order valence-electron chi connectivity index (χ3n) is 4.68. The molecule has 3 N–H and O–H groups in total. The standard InChI is InChI=1S/C21H26FN5O2/c1-12-15(7-13(8-16(12)22)19(28)25-14-9-23-10-14)17-5-6-18(27-26-17)20(29)24-11-21(2,3)4/h5-8,14,23H,9-11H2,1-4H3,(H,24,29)(H,25,28). The minimum absolute atomic E-state index is 0.0474. The van der Waals surface area contributed by atoms with Gasteiger partial charge in [-0.1, -0.05) is 20.8 Å². The maximum Gasteiger partial charge on any atom is 0.271 e. The second-order valence-electron chi connectivity index (χ2n) is 8.51. The average Bonchev–Trinajstić information content (AvgIpc) is 2.64. The lowest BCUT2D eigenvalue weighted by molar-refractivity contribution is 0.0919. The van der Waals surface area contributed by atoms with Crippen molar-refractivity contribution in [2.24, 2.45) is 5.41 Å². The minimum atomic E-state index is -0.492. The van der Waals surface area contributed by atoms with Crippen LogP contribution in [0.5, 0.6) is 0 Å². The van der Waals surface area contributed by atoms with Gasteiger partial charge >= 0.3 is 0 Å². The number of aromatic nitrogens is 2. The normalized spacial score (nSPS) is 14.2. The van der Waals surface area contributed by atoms with Crippen molar-refractivity contribution in [3.63, 3.8) is 0 Å². The number of benzene rings is 1. The largest absolute Gasteiger partial charge is 0.350 e. The molecule has 2 aromatic rings. The Balaban J connectivity index is 1.80. The van der Waals surface area contributed by atoms with Crippen LogP contribution >= 0.6 is 0 Å². The van der Waals surface area contributed by atoms with Crippen LogP contribution in [0.15, 0.2) is 24.3 Å². The molecule has 0 bridgehead atoms. The van der Waals surface area contributed by atoms with Gasteiger partial charge in [-0.15, -0.1) is 10.2 Å². The van der Waals surface area contributed by atoms with Crippen LogP contribution in [0.25, 0.3) is 11.3 Å². The number of rotatable bonds is 5. The summed E-state index contributed by atoms with van der Waals surface area (Å²) in [5, 5.41) is 16.8. The van der Waals surface area contributed by atoms with E-state index in [2.05, 4.69) is 26.1 Å². The van der Waals surface area contributed by atoms with Gasteiger partial charge in [-0.05, 0) is 42.2 Å². The van der Waals surface area contributed by atoms with Crippen molar-refractivity contribution >= 4 is 11.8 Å². The Morgan fingerprint density at radius 1 is 1.17 bits per heavy atom. The summed E-state index contributed by atoms with van der Waals surface area (Å²) >= 11 is 0. The molecule has 2 heterocycles. The van der Waals surface area contributed by atoms with Gasteiger partial charge in [0.1, 0.15) is 5.82 Å². The molecule has 8 heteroatoms. The van der Waals surface area contributed by atoms with E-state index in [1.807, 2.05) is 20.8 Å². The molecule has 154 valence electrons. The van der Waals surface area contributed by atoms with Crippen LogP contribution in [0, 0.1) is 18.2 Å². The summed E-state index contributed by atoms with van der Waals surface area (Å²) in [6, 6.07) is 6.04. The van der Waals surface area contributed by atoms with E-state index in [1.54, 1.807) is 25.1 Å². The summed E-state index contributed by atoms with van der Waals surface area (Å²) in [5.41, 5.74) is 1.59. The van der Waals surface area contributed by atoms with Crippen LogP contribution in [-0.4, -0.2) is 47.7 Å². The van der Waals surface area contributed by atoms with Crippen LogP contribution in [-0.2, 0) is 0 Å². The first-order valence-electron chi connectivity index (χ1n) is 9.58. The highest BCUT2D eigenvalue weighted by Crippen LogP contribution is 2.25. The predicted octanol–water partition coefficient (Wildman–Crippen LogP) is 2.07. The van der Waals surface area contributed by atoms with E-state index in [-0.39, 0.29) is 34.5 Å². The van der Waals surface area contributed by atoms with E-state index in [9.17, 15) is 14.0 Å². The molecular weight excluding hydrogens is 373 g/mol. The first-order valence-corrected chi connectivity index (χ1v) is 9.58. The Labute approximate surface area is 169 Å². The Bertz CT molecular complexity index is 918. The van der Waals surface area contributed by atoms with Gasteiger partial charge in [0.25, 0.3) is 11.8 Å². The molecule has 0 atom stereocenters. The lowest BCUT2D eigenvalue weighted by Crippen LogP contribution is -2.56. The third-order valence-corrected chi connectivity index (χ3v) is 4.68. The van der Waals surface area contributed by atoms with Crippen molar-refractivity contribution in [2.75, 3.05) is 19.6 Å². The molecule has 29 heavy (non-hydrogen) atoms. The van der Waals surface area contributed by atoms with Crippen LogP contribution in [0.4, 0.5) is 4.39 Å². The van der Waals surface area contributed by atoms with Gasteiger partial charge in [-0.2, -0.15) is 0 Å². The van der Waals surface area contributed by atoms with E-state index in [1.165, 1.54) is 6.07 Å². The minimum Gasteiger partial charge on any atom is -0.350 e. The summed E-state index contributed by atoms with van der Waals surface area (Å²) in [6.45, 7) is 9.59. The number of amides is 2. The van der Waals surface area contributed by atoms with Crippen molar-refractivity contribution in [2.45, 2.75) is 33.7 Å². The molecule has 1 aliphatic rings. The molecule has 7 nitrogen and oxygen atoms in total. The van der Waals surface area contributed by atoms with Crippen molar-refractivity contribution < 1.29 is 14.0 Å². The average molecular weight is 399 g/mol. The molecule has 0 spiro atoms. The molecule has 1 aromatic carbocycles. The Morgan fingerprint density at radius 3 is 2.45 bits per heavy atom. The zero-order valence-electron chi connectivity index (χ0n) is 17.1. The van der Waals surface area contributed by atoms with Gasteiger partial charge in [0.05, 0.1) is 11.7 Å². The topological polar surface area (TPSA) is 96.0 Å². The van der Waals surface area contributed by atoms with E-state index < -0.39 is 5.82 Å². The van der Waals surface area contributed by atoms with Gasteiger partial charge in [0.2, 0.25) is 0 Å². The second kappa shape index (κ2) is 8.24. The van der Waals surface area contributed by atoms with Gasteiger partial charge in [-0.3, -0.25) is 9.59 Å². The zero-order valence-corrected chi connectivity index (χ0v) is 17.1. The van der Waals surface area contributed by atoms with Gasteiger partial charge in [0.15, 0.2) is 5.69 Å². The maximum atomic E-state index is 14.4. The molecule has 0 unspecified atom stereocenters. The highest BCUT2D eigenvalue weighted by atomic mass is 19.1. The highest BCUT2D eigenvalue weighted by Gasteiger charge is 2.21. The van der Waals surface area contributed by atoms with Crippen LogP contribution in [0.1, 0.15) is 47.2 Å². The lowest BCUT2D eigenvalue weighted by atomic mass is 9.97. The van der Waals surface area contributed by atoms with Crippen molar-refractivity contribution in [1.82, 2.24) is 26.1 Å². The fraction of sp³-hybridized carbons (Fsp3) is 0.429. The van der Waals surface area contributed by atoms with E-state index in [4.69, 9.17) is 0 Å². The van der Waals surface area contributed by atoms with Crippen molar-refractivity contribution in [3.05, 3.63) is 46.9 Å². The predicted molar refractivity (Wildman–Crippen MR) is 108 cm³/mol. The molecule has 1 saturated heterocycles. The molecule has 1 fully saturated rings. The number of hydrogen-bond acceptors (Lipinski definition) is 5. The van der Waals surface area contributed by atoms with E-state index >= 15 is 0 Å². The monoisotopic (exact) mass is 399 g/mol. The fourth-order valence-electron chi connectivity index (χ4n) is 2.77. The molecule has 1 aromatic heterocycles. The maximum absolute atomic E-state index is 14.4. The van der Waals surface area contributed by atoms with Crippen LogP contribution < -0.4 is 16.0 Å². The molecule has 0 radical (unpaired) electrons. The number of nitrogens with one attached hydrogen (secondary N) is 3. The second-order valence-corrected chi connectivity index (χ2v) is 8.51. The van der Waals surface area contributed by atoms with Gasteiger partial charge < -0.3 is 16.0 Å². The van der Waals surface area contributed by atoms with Crippen LogP contribution in [0.2, 0.25) is 0 Å². The van der Waals surface area contributed by atoms with Gasteiger partial charge in [0, 0.05) is 30.8 Å². The molecule has 0 saturated carbocycles. The van der Waals surface area contributed by atoms with E-state index in [0.717, 1.165) is 0 Å². The van der Waals surface area contributed by atoms with E-state index in [0.29, 0.717) is 36.5 Å². The summed E-state index contributed by atoms with van der Waals surface area (Å²) < 4.78 is 14.4. The summed E-state index contributed by atoms with van der Waals surface area (Å²) in [5.74, 6) is -1.14. The summed E-state index contributed by atoms with van der Waals surface area (Å²) in [4.78, 5) is 24.6. The molecule has 3 rings (SSSR count). The smallest absolute Gasteiger partial charge is 0.271 e. The number of halogens is 1. The van der Waals surface area contributed by atoms with Crippen molar-refractivity contribution in [1.29, 1.82) is 0 Å². The molecule has 2 amide bonds.